The van der Waals surface area contributed by atoms with Crippen molar-refractivity contribution >= 4 is 34.0 Å². The lowest BCUT2D eigenvalue weighted by Gasteiger charge is -2.09. The molecule has 2 nitrogen and oxygen atoms in total. The van der Waals surface area contributed by atoms with Crippen LogP contribution < -0.4 is 11.1 Å². The summed E-state index contributed by atoms with van der Waals surface area (Å²) >= 11 is 2.27. The quantitative estimate of drug-likeness (QED) is 0.501. The lowest BCUT2D eigenvalue weighted by molar-refractivity contribution is 0.863. The SMILES string of the molecule is Nc1cc(I)ccc1NCCC1=CCCC1. The molecule has 0 atom stereocenters. The molecule has 0 amide bonds. The number of nitrogens with two attached hydrogens (primary N) is 1. The lowest BCUT2D eigenvalue weighted by atomic mass is 10.1. The van der Waals surface area contributed by atoms with Crippen LogP contribution in [0, 0.1) is 3.57 Å². The molecule has 0 aromatic heterocycles. The summed E-state index contributed by atoms with van der Waals surface area (Å²) in [5.41, 5.74) is 9.42. The molecule has 0 saturated heterocycles. The Labute approximate surface area is 110 Å². The fourth-order valence-electron chi connectivity index (χ4n) is 2.02. The zero-order valence-electron chi connectivity index (χ0n) is 9.30. The smallest absolute Gasteiger partial charge is 0.0574 e. The third kappa shape index (κ3) is 3.14. The first-order valence-electron chi connectivity index (χ1n) is 5.72. The van der Waals surface area contributed by atoms with Gasteiger partial charge in [0.2, 0.25) is 0 Å². The van der Waals surface area contributed by atoms with Crippen molar-refractivity contribution in [3.05, 3.63) is 33.4 Å². The highest BCUT2D eigenvalue weighted by atomic mass is 127. The molecule has 0 spiro atoms. The Hall–Kier alpha value is -0.710. The largest absolute Gasteiger partial charge is 0.397 e. The van der Waals surface area contributed by atoms with Crippen LogP contribution in [0.4, 0.5) is 11.4 Å². The molecule has 3 heteroatoms. The zero-order valence-corrected chi connectivity index (χ0v) is 11.5. The first-order chi connectivity index (χ1) is 7.75. The molecule has 1 aromatic rings. The number of nitrogen functional groups attached to an aromatic ring is 1. The zero-order chi connectivity index (χ0) is 11.4. The number of hydrogen-bond acceptors (Lipinski definition) is 2. The van der Waals surface area contributed by atoms with Gasteiger partial charge < -0.3 is 11.1 Å². The van der Waals surface area contributed by atoms with E-state index in [1.54, 1.807) is 5.57 Å². The van der Waals surface area contributed by atoms with E-state index in [0.29, 0.717) is 0 Å². The molecule has 0 saturated carbocycles. The van der Waals surface area contributed by atoms with Gasteiger partial charge in [-0.25, -0.2) is 0 Å². The number of rotatable bonds is 4. The third-order valence-corrected chi connectivity index (χ3v) is 3.58. The molecular formula is C13H17IN2. The van der Waals surface area contributed by atoms with Crippen molar-refractivity contribution in [1.29, 1.82) is 0 Å². The molecule has 16 heavy (non-hydrogen) atoms. The molecular weight excluding hydrogens is 311 g/mol. The molecule has 0 heterocycles. The highest BCUT2D eigenvalue weighted by Crippen LogP contribution is 2.23. The summed E-state index contributed by atoms with van der Waals surface area (Å²) in [6, 6.07) is 6.13. The molecule has 0 radical (unpaired) electrons. The van der Waals surface area contributed by atoms with Crippen molar-refractivity contribution in [2.75, 3.05) is 17.6 Å². The van der Waals surface area contributed by atoms with Crippen LogP contribution in [0.5, 0.6) is 0 Å². The summed E-state index contributed by atoms with van der Waals surface area (Å²) in [6.45, 7) is 0.983. The van der Waals surface area contributed by atoms with Crippen molar-refractivity contribution in [3.63, 3.8) is 0 Å². The third-order valence-electron chi connectivity index (χ3n) is 2.91. The molecule has 0 bridgehead atoms. The fourth-order valence-corrected chi connectivity index (χ4v) is 2.53. The Morgan fingerprint density at radius 2 is 2.25 bits per heavy atom. The summed E-state index contributed by atoms with van der Waals surface area (Å²) in [4.78, 5) is 0. The summed E-state index contributed by atoms with van der Waals surface area (Å²) in [7, 11) is 0. The number of benzene rings is 1. The van der Waals surface area contributed by atoms with Crippen molar-refractivity contribution in [3.8, 4) is 0 Å². The molecule has 3 N–H and O–H groups in total. The first-order valence-corrected chi connectivity index (χ1v) is 6.80. The number of hydrogen-bond donors (Lipinski definition) is 2. The predicted molar refractivity (Wildman–Crippen MR) is 78.6 cm³/mol. The second-order valence-electron chi connectivity index (χ2n) is 4.16. The molecule has 0 fully saturated rings. The van der Waals surface area contributed by atoms with E-state index < -0.39 is 0 Å². The standard InChI is InChI=1S/C13H17IN2/c14-11-5-6-13(12(15)9-11)16-8-7-10-3-1-2-4-10/h3,5-6,9,16H,1-2,4,7-8,15H2. The van der Waals surface area contributed by atoms with Gasteiger partial charge in [-0.2, -0.15) is 0 Å². The molecule has 1 aliphatic carbocycles. The Bertz CT molecular complexity index is 399. The number of anilines is 2. The molecule has 0 unspecified atom stereocenters. The average Bonchev–Trinajstić information content (AvgIpc) is 2.74. The summed E-state index contributed by atoms with van der Waals surface area (Å²) in [5.74, 6) is 0. The highest BCUT2D eigenvalue weighted by molar-refractivity contribution is 14.1. The molecule has 86 valence electrons. The minimum absolute atomic E-state index is 0.840. The summed E-state index contributed by atoms with van der Waals surface area (Å²) < 4.78 is 1.18. The second kappa shape index (κ2) is 5.57. The Morgan fingerprint density at radius 1 is 1.38 bits per heavy atom. The van der Waals surface area contributed by atoms with E-state index >= 15 is 0 Å². The van der Waals surface area contributed by atoms with Crippen LogP contribution in [-0.2, 0) is 0 Å². The van der Waals surface area contributed by atoms with Gasteiger partial charge in [0, 0.05) is 10.1 Å². The van der Waals surface area contributed by atoms with E-state index in [-0.39, 0.29) is 0 Å². The summed E-state index contributed by atoms with van der Waals surface area (Å²) in [5, 5.41) is 3.40. The maximum absolute atomic E-state index is 5.93. The van der Waals surface area contributed by atoms with E-state index in [1.165, 1.54) is 22.8 Å². The number of allylic oxidation sites excluding steroid dienone is 1. The van der Waals surface area contributed by atoms with Crippen LogP contribution in [-0.4, -0.2) is 6.54 Å². The van der Waals surface area contributed by atoms with Crippen LogP contribution in [0.25, 0.3) is 0 Å². The maximum atomic E-state index is 5.93. The van der Waals surface area contributed by atoms with Gasteiger partial charge in [0.25, 0.3) is 0 Å². The van der Waals surface area contributed by atoms with E-state index in [1.807, 2.05) is 6.07 Å². The highest BCUT2D eigenvalue weighted by Gasteiger charge is 2.04. The van der Waals surface area contributed by atoms with E-state index in [4.69, 9.17) is 5.73 Å². The van der Waals surface area contributed by atoms with Crippen molar-refractivity contribution in [1.82, 2.24) is 0 Å². The van der Waals surface area contributed by atoms with Gasteiger partial charge in [0.05, 0.1) is 11.4 Å². The van der Waals surface area contributed by atoms with Gasteiger partial charge in [-0.05, 0) is 66.5 Å². The van der Waals surface area contributed by atoms with Crippen molar-refractivity contribution < 1.29 is 0 Å². The molecule has 1 aromatic carbocycles. The first kappa shape index (κ1) is 11.8. The summed E-state index contributed by atoms with van der Waals surface area (Å²) in [6.07, 6.45) is 7.40. The Kier molecular flexibility index (Phi) is 4.09. The lowest BCUT2D eigenvalue weighted by Crippen LogP contribution is -2.04. The van der Waals surface area contributed by atoms with Crippen LogP contribution in [0.3, 0.4) is 0 Å². The molecule has 1 aliphatic rings. The minimum atomic E-state index is 0.840. The second-order valence-corrected chi connectivity index (χ2v) is 5.41. The van der Waals surface area contributed by atoms with Gasteiger partial charge in [-0.15, -0.1) is 0 Å². The van der Waals surface area contributed by atoms with Crippen LogP contribution in [0.15, 0.2) is 29.8 Å². The van der Waals surface area contributed by atoms with Crippen LogP contribution >= 0.6 is 22.6 Å². The van der Waals surface area contributed by atoms with Gasteiger partial charge >= 0.3 is 0 Å². The van der Waals surface area contributed by atoms with Gasteiger partial charge in [-0.1, -0.05) is 11.6 Å². The van der Waals surface area contributed by atoms with E-state index in [2.05, 4.69) is 46.1 Å². The fraction of sp³-hybridized carbons (Fsp3) is 0.385. The van der Waals surface area contributed by atoms with E-state index in [9.17, 15) is 0 Å². The topological polar surface area (TPSA) is 38.0 Å². The monoisotopic (exact) mass is 328 g/mol. The maximum Gasteiger partial charge on any atom is 0.0574 e. The number of nitrogens with one attached hydrogen (secondary N) is 1. The minimum Gasteiger partial charge on any atom is -0.397 e. The average molecular weight is 328 g/mol. The predicted octanol–water partition coefficient (Wildman–Crippen LogP) is 3.79. The van der Waals surface area contributed by atoms with Gasteiger partial charge in [0.1, 0.15) is 0 Å². The van der Waals surface area contributed by atoms with Gasteiger partial charge in [-0.3, -0.25) is 0 Å². The van der Waals surface area contributed by atoms with Crippen molar-refractivity contribution in [2.45, 2.75) is 25.7 Å². The van der Waals surface area contributed by atoms with Crippen molar-refractivity contribution in [2.24, 2.45) is 0 Å². The van der Waals surface area contributed by atoms with Crippen LogP contribution in [0.2, 0.25) is 0 Å². The van der Waals surface area contributed by atoms with Gasteiger partial charge in [0.15, 0.2) is 0 Å². The number of halogens is 1. The Morgan fingerprint density at radius 3 is 2.94 bits per heavy atom. The van der Waals surface area contributed by atoms with Crippen LogP contribution in [0.1, 0.15) is 25.7 Å². The normalized spacial score (nSPS) is 14.9. The van der Waals surface area contributed by atoms with E-state index in [0.717, 1.165) is 24.3 Å². The molecule has 2 rings (SSSR count). The Balaban J connectivity index is 1.84. The molecule has 0 aliphatic heterocycles.